The van der Waals surface area contributed by atoms with Crippen molar-refractivity contribution in [2.75, 3.05) is 13.6 Å². The lowest BCUT2D eigenvalue weighted by molar-refractivity contribution is 0.324. The fraction of sp³-hybridized carbons (Fsp3) is 0.556. The van der Waals surface area contributed by atoms with Gasteiger partial charge in [-0.1, -0.05) is 22.9 Å². The number of halogens is 1. The third-order valence-corrected chi connectivity index (χ3v) is 1.88. The molecule has 0 bridgehead atoms. The lowest BCUT2D eigenvalue weighted by atomic mass is 10.4. The normalized spacial score (nSPS) is 13.2. The maximum Gasteiger partial charge on any atom is 0.142 e. The molecule has 1 aromatic heterocycles. The predicted octanol–water partition coefficient (Wildman–Crippen LogP) is 1.69. The fourth-order valence-electron chi connectivity index (χ4n) is 1.15. The average Bonchev–Trinajstić information content (AvgIpc) is 2.04. The molecule has 72 valence electrons. The predicted molar refractivity (Wildman–Crippen MR) is 56.8 cm³/mol. The molecule has 3 nitrogen and oxygen atoms in total. The van der Waals surface area contributed by atoms with E-state index in [1.807, 2.05) is 6.07 Å². The van der Waals surface area contributed by atoms with Gasteiger partial charge < -0.3 is 0 Å². The summed E-state index contributed by atoms with van der Waals surface area (Å²) in [4.78, 5) is 11.0. The van der Waals surface area contributed by atoms with E-state index in [2.05, 4.69) is 44.8 Å². The Bertz CT molecular complexity index is 238. The number of hydrogen-bond acceptors (Lipinski definition) is 3. The van der Waals surface area contributed by atoms with Crippen molar-refractivity contribution >= 4 is 15.9 Å². The molecule has 0 aromatic carbocycles. The lowest BCUT2D eigenvalue weighted by Crippen LogP contribution is -2.24. The van der Waals surface area contributed by atoms with Crippen LogP contribution in [0.2, 0.25) is 0 Å². The lowest BCUT2D eigenvalue weighted by Gasteiger charge is -2.16. The van der Waals surface area contributed by atoms with Crippen LogP contribution < -0.4 is 0 Å². The first-order chi connectivity index (χ1) is 6.18. The topological polar surface area (TPSA) is 29.0 Å². The first-order valence-electron chi connectivity index (χ1n) is 4.27. The van der Waals surface area contributed by atoms with E-state index in [0.29, 0.717) is 4.83 Å². The molecule has 13 heavy (non-hydrogen) atoms. The van der Waals surface area contributed by atoms with Crippen LogP contribution in [0.1, 0.15) is 12.7 Å². The Morgan fingerprint density at radius 2 is 2.08 bits per heavy atom. The molecule has 0 aliphatic rings. The Morgan fingerprint density at radius 3 is 2.62 bits per heavy atom. The zero-order valence-corrected chi connectivity index (χ0v) is 9.53. The van der Waals surface area contributed by atoms with Crippen molar-refractivity contribution in [3.63, 3.8) is 0 Å². The van der Waals surface area contributed by atoms with Crippen molar-refractivity contribution in [2.45, 2.75) is 18.3 Å². The van der Waals surface area contributed by atoms with E-state index in [4.69, 9.17) is 0 Å². The molecule has 1 heterocycles. The van der Waals surface area contributed by atoms with Crippen molar-refractivity contribution in [3.05, 3.63) is 24.3 Å². The molecule has 0 amide bonds. The summed E-state index contributed by atoms with van der Waals surface area (Å²) in [6.07, 6.45) is 3.54. The molecular formula is C9H14BrN3. The summed E-state index contributed by atoms with van der Waals surface area (Å²) in [6.45, 7) is 3.93. The van der Waals surface area contributed by atoms with Crippen LogP contribution in [0.25, 0.3) is 0 Å². The van der Waals surface area contributed by atoms with Gasteiger partial charge in [0.2, 0.25) is 0 Å². The maximum absolute atomic E-state index is 4.16. The van der Waals surface area contributed by atoms with E-state index in [0.717, 1.165) is 18.9 Å². The van der Waals surface area contributed by atoms with E-state index in [-0.39, 0.29) is 0 Å². The standard InChI is InChI=1S/C9H14BrN3/c1-8(10)6-13(2)7-9-11-4-3-5-12-9/h3-5,8H,6-7H2,1-2H3. The van der Waals surface area contributed by atoms with Gasteiger partial charge >= 0.3 is 0 Å². The van der Waals surface area contributed by atoms with E-state index in [9.17, 15) is 0 Å². The van der Waals surface area contributed by atoms with Crippen LogP contribution in [0.5, 0.6) is 0 Å². The quantitative estimate of drug-likeness (QED) is 0.755. The van der Waals surface area contributed by atoms with Crippen LogP contribution in [-0.4, -0.2) is 33.3 Å². The molecule has 0 saturated carbocycles. The van der Waals surface area contributed by atoms with E-state index in [1.54, 1.807) is 12.4 Å². The van der Waals surface area contributed by atoms with Crippen molar-refractivity contribution in [1.29, 1.82) is 0 Å². The number of aromatic nitrogens is 2. The van der Waals surface area contributed by atoms with Crippen LogP contribution in [0.15, 0.2) is 18.5 Å². The largest absolute Gasteiger partial charge is 0.298 e. The second-order valence-electron chi connectivity index (χ2n) is 3.14. The third kappa shape index (κ3) is 4.33. The minimum Gasteiger partial charge on any atom is -0.298 e. The Hall–Kier alpha value is -0.480. The highest BCUT2D eigenvalue weighted by Crippen LogP contribution is 2.02. The molecule has 1 aromatic rings. The fourth-order valence-corrected chi connectivity index (χ4v) is 1.64. The second kappa shape index (κ2) is 5.29. The summed E-state index contributed by atoms with van der Waals surface area (Å²) in [6, 6.07) is 1.83. The Labute approximate surface area is 87.3 Å². The second-order valence-corrected chi connectivity index (χ2v) is 4.71. The van der Waals surface area contributed by atoms with Crippen molar-refractivity contribution in [2.24, 2.45) is 0 Å². The van der Waals surface area contributed by atoms with E-state index < -0.39 is 0 Å². The Morgan fingerprint density at radius 1 is 1.46 bits per heavy atom. The number of nitrogens with zero attached hydrogens (tertiary/aromatic N) is 3. The summed E-state index contributed by atoms with van der Waals surface area (Å²) in [5, 5.41) is 0. The van der Waals surface area contributed by atoms with Gasteiger partial charge in [-0.05, 0) is 13.1 Å². The van der Waals surface area contributed by atoms with E-state index >= 15 is 0 Å². The average molecular weight is 244 g/mol. The summed E-state index contributed by atoms with van der Waals surface area (Å²) >= 11 is 3.51. The Kier molecular flexibility index (Phi) is 4.32. The van der Waals surface area contributed by atoms with Crippen LogP contribution in [0, 0.1) is 0 Å². The van der Waals surface area contributed by atoms with Gasteiger partial charge in [0.1, 0.15) is 5.82 Å². The highest BCUT2D eigenvalue weighted by atomic mass is 79.9. The monoisotopic (exact) mass is 243 g/mol. The zero-order valence-electron chi connectivity index (χ0n) is 7.94. The molecule has 1 unspecified atom stereocenters. The van der Waals surface area contributed by atoms with Gasteiger partial charge in [-0.3, -0.25) is 4.90 Å². The first kappa shape index (κ1) is 10.6. The number of alkyl halides is 1. The van der Waals surface area contributed by atoms with Crippen LogP contribution >= 0.6 is 15.9 Å². The van der Waals surface area contributed by atoms with Gasteiger partial charge in [-0.15, -0.1) is 0 Å². The smallest absolute Gasteiger partial charge is 0.142 e. The van der Waals surface area contributed by atoms with Crippen molar-refractivity contribution in [1.82, 2.24) is 14.9 Å². The molecular weight excluding hydrogens is 230 g/mol. The van der Waals surface area contributed by atoms with Gasteiger partial charge in [-0.2, -0.15) is 0 Å². The highest BCUT2D eigenvalue weighted by molar-refractivity contribution is 9.09. The molecule has 0 fully saturated rings. The minimum atomic E-state index is 0.501. The zero-order chi connectivity index (χ0) is 9.68. The molecule has 4 heteroatoms. The Balaban J connectivity index is 2.41. The van der Waals surface area contributed by atoms with Gasteiger partial charge in [0.25, 0.3) is 0 Å². The third-order valence-electron chi connectivity index (χ3n) is 1.59. The molecule has 0 radical (unpaired) electrons. The van der Waals surface area contributed by atoms with Crippen LogP contribution in [0.3, 0.4) is 0 Å². The van der Waals surface area contributed by atoms with Gasteiger partial charge in [-0.25, -0.2) is 9.97 Å². The molecule has 1 rings (SSSR count). The molecule has 0 aliphatic carbocycles. The molecule has 0 N–H and O–H groups in total. The summed E-state index contributed by atoms with van der Waals surface area (Å²) in [7, 11) is 2.06. The first-order valence-corrected chi connectivity index (χ1v) is 5.18. The molecule has 0 saturated heterocycles. The summed E-state index contributed by atoms with van der Waals surface area (Å²) in [5.74, 6) is 0.873. The van der Waals surface area contributed by atoms with Crippen molar-refractivity contribution in [3.8, 4) is 0 Å². The van der Waals surface area contributed by atoms with Crippen molar-refractivity contribution < 1.29 is 0 Å². The summed E-state index contributed by atoms with van der Waals surface area (Å²) < 4.78 is 0. The molecule has 0 spiro atoms. The minimum absolute atomic E-state index is 0.501. The van der Waals surface area contributed by atoms with Gasteiger partial charge in [0, 0.05) is 23.8 Å². The highest BCUT2D eigenvalue weighted by Gasteiger charge is 2.04. The number of hydrogen-bond donors (Lipinski definition) is 0. The van der Waals surface area contributed by atoms with E-state index in [1.165, 1.54) is 0 Å². The number of rotatable bonds is 4. The molecule has 0 aliphatic heterocycles. The SMILES string of the molecule is CC(Br)CN(C)Cc1ncccn1. The maximum atomic E-state index is 4.16. The van der Waals surface area contributed by atoms with Crippen LogP contribution in [-0.2, 0) is 6.54 Å². The van der Waals surface area contributed by atoms with Crippen LogP contribution in [0.4, 0.5) is 0 Å². The summed E-state index contributed by atoms with van der Waals surface area (Å²) in [5.41, 5.74) is 0. The molecule has 1 atom stereocenters. The van der Waals surface area contributed by atoms with Gasteiger partial charge in [0.05, 0.1) is 6.54 Å². The van der Waals surface area contributed by atoms with Gasteiger partial charge in [0.15, 0.2) is 0 Å².